The van der Waals surface area contributed by atoms with Gasteiger partial charge in [-0.05, 0) is 61.1 Å². The van der Waals surface area contributed by atoms with Crippen LogP contribution in [0, 0.1) is 5.41 Å². The summed E-state index contributed by atoms with van der Waals surface area (Å²) in [5, 5.41) is 11.1. The molecule has 38 heavy (non-hydrogen) atoms. The summed E-state index contributed by atoms with van der Waals surface area (Å²) >= 11 is 12.7. The fourth-order valence-electron chi connectivity index (χ4n) is 6.84. The van der Waals surface area contributed by atoms with Crippen LogP contribution in [-0.2, 0) is 14.3 Å². The molecule has 3 fully saturated rings. The smallest absolute Gasteiger partial charge is 0.304 e. The van der Waals surface area contributed by atoms with Crippen LogP contribution in [0.4, 0.5) is 0 Å². The van der Waals surface area contributed by atoms with E-state index in [0.29, 0.717) is 16.5 Å². The van der Waals surface area contributed by atoms with Crippen molar-refractivity contribution < 1.29 is 19.4 Å². The van der Waals surface area contributed by atoms with Crippen molar-refractivity contribution in [1.82, 2.24) is 9.80 Å². The summed E-state index contributed by atoms with van der Waals surface area (Å²) in [6.07, 6.45) is 3.64. The zero-order chi connectivity index (χ0) is 27.0. The molecule has 5 rings (SSSR count). The standard InChI is InChI=1S/C30H36Cl2N2O4/c1-3-23(16-33-17-24-11-12-25(18-33)38-24)34-28(19-7-9-21(31)10-8-19)26(20-5-4-6-22(32)13-20)14-30(2,29(34)37)15-27(35)36/h4-10,13,23-26,28H,3,11-12,14-18H2,1-2H3,(H,35,36)/t23-,24?,25?,26+,28+,30+/m0/s1. The number of piperidine rings is 1. The van der Waals surface area contributed by atoms with Crippen LogP contribution in [0.2, 0.25) is 10.0 Å². The molecule has 2 aromatic rings. The number of amides is 1. The van der Waals surface area contributed by atoms with Gasteiger partial charge in [-0.1, -0.05) is 61.3 Å². The zero-order valence-corrected chi connectivity index (χ0v) is 23.5. The number of aliphatic carboxylic acids is 1. The van der Waals surface area contributed by atoms with Crippen LogP contribution in [0.3, 0.4) is 0 Å². The van der Waals surface area contributed by atoms with E-state index in [1.165, 1.54) is 0 Å². The molecule has 2 aromatic carbocycles. The number of likely N-dealkylation sites (tertiary alicyclic amines) is 2. The molecule has 2 unspecified atom stereocenters. The fraction of sp³-hybridized carbons (Fsp3) is 0.533. The van der Waals surface area contributed by atoms with Crippen LogP contribution < -0.4 is 0 Å². The van der Waals surface area contributed by atoms with E-state index >= 15 is 0 Å². The quantitative estimate of drug-likeness (QED) is 0.419. The van der Waals surface area contributed by atoms with Gasteiger partial charge in [0.15, 0.2) is 0 Å². The molecule has 6 nitrogen and oxygen atoms in total. The molecular formula is C30H36Cl2N2O4. The number of carboxylic acids is 1. The van der Waals surface area contributed by atoms with E-state index in [4.69, 9.17) is 27.9 Å². The number of carbonyl (C=O) groups excluding carboxylic acids is 1. The Balaban J connectivity index is 1.59. The van der Waals surface area contributed by atoms with Gasteiger partial charge in [-0.15, -0.1) is 0 Å². The monoisotopic (exact) mass is 558 g/mol. The normalized spacial score (nSPS) is 30.4. The van der Waals surface area contributed by atoms with Crippen molar-refractivity contribution >= 4 is 35.1 Å². The minimum Gasteiger partial charge on any atom is -0.481 e. The number of ether oxygens (including phenoxy) is 1. The summed E-state index contributed by atoms with van der Waals surface area (Å²) in [5.74, 6) is -1.19. The zero-order valence-electron chi connectivity index (χ0n) is 22.0. The van der Waals surface area contributed by atoms with E-state index in [9.17, 15) is 14.7 Å². The van der Waals surface area contributed by atoms with Crippen molar-refractivity contribution in [2.45, 2.75) is 76.2 Å². The van der Waals surface area contributed by atoms with Crippen molar-refractivity contribution in [2.75, 3.05) is 19.6 Å². The number of morpholine rings is 1. The molecule has 3 heterocycles. The van der Waals surface area contributed by atoms with Crippen molar-refractivity contribution in [3.8, 4) is 0 Å². The summed E-state index contributed by atoms with van der Waals surface area (Å²) in [7, 11) is 0. The highest BCUT2D eigenvalue weighted by atomic mass is 35.5. The van der Waals surface area contributed by atoms with Crippen molar-refractivity contribution in [1.29, 1.82) is 0 Å². The molecule has 3 aliphatic heterocycles. The molecule has 0 aliphatic carbocycles. The maximum Gasteiger partial charge on any atom is 0.304 e. The number of rotatable bonds is 8. The number of halogens is 2. The van der Waals surface area contributed by atoms with E-state index in [2.05, 4.69) is 11.8 Å². The first-order valence-corrected chi connectivity index (χ1v) is 14.4. The Kier molecular flexibility index (Phi) is 8.07. The largest absolute Gasteiger partial charge is 0.481 e. The summed E-state index contributed by atoms with van der Waals surface area (Å²) in [5.41, 5.74) is 0.954. The highest BCUT2D eigenvalue weighted by Crippen LogP contribution is 2.52. The molecular weight excluding hydrogens is 523 g/mol. The van der Waals surface area contributed by atoms with Crippen LogP contribution in [-0.4, -0.2) is 64.7 Å². The van der Waals surface area contributed by atoms with E-state index in [1.807, 2.05) is 60.4 Å². The Morgan fingerprint density at radius 1 is 1.08 bits per heavy atom. The Morgan fingerprint density at radius 3 is 2.37 bits per heavy atom. The average Bonchev–Trinajstić information content (AvgIpc) is 3.22. The fourth-order valence-corrected chi connectivity index (χ4v) is 7.17. The molecule has 2 bridgehead atoms. The van der Waals surface area contributed by atoms with Crippen molar-refractivity contribution in [3.63, 3.8) is 0 Å². The topological polar surface area (TPSA) is 70.1 Å². The third-order valence-corrected chi connectivity index (χ3v) is 9.07. The Hall–Kier alpha value is -2.12. The summed E-state index contributed by atoms with van der Waals surface area (Å²) in [6.45, 7) is 6.39. The highest BCUT2D eigenvalue weighted by molar-refractivity contribution is 6.30. The lowest BCUT2D eigenvalue weighted by Crippen LogP contribution is -2.59. The molecule has 1 N–H and O–H groups in total. The maximum atomic E-state index is 14.4. The Bertz CT molecular complexity index is 1160. The predicted octanol–water partition coefficient (Wildman–Crippen LogP) is 6.17. The first kappa shape index (κ1) is 27.4. The second-order valence-corrected chi connectivity index (χ2v) is 12.3. The molecule has 204 valence electrons. The lowest BCUT2D eigenvalue weighted by molar-refractivity contribution is -0.161. The number of nitrogens with zero attached hydrogens (tertiary/aromatic N) is 2. The van der Waals surface area contributed by atoms with Crippen LogP contribution in [0.1, 0.15) is 69.0 Å². The molecule has 3 aliphatic rings. The predicted molar refractivity (Wildman–Crippen MR) is 149 cm³/mol. The minimum atomic E-state index is -1.04. The number of hydrogen-bond donors (Lipinski definition) is 1. The van der Waals surface area contributed by atoms with Gasteiger partial charge in [0, 0.05) is 41.6 Å². The van der Waals surface area contributed by atoms with Gasteiger partial charge in [-0.3, -0.25) is 14.5 Å². The second-order valence-electron chi connectivity index (χ2n) is 11.4. The molecule has 8 heteroatoms. The average molecular weight is 560 g/mol. The van der Waals surface area contributed by atoms with Gasteiger partial charge in [0.05, 0.1) is 30.1 Å². The van der Waals surface area contributed by atoms with Gasteiger partial charge in [0.25, 0.3) is 0 Å². The van der Waals surface area contributed by atoms with Crippen LogP contribution >= 0.6 is 23.2 Å². The molecule has 1 amide bonds. The van der Waals surface area contributed by atoms with E-state index < -0.39 is 11.4 Å². The van der Waals surface area contributed by atoms with Gasteiger partial charge in [-0.2, -0.15) is 0 Å². The van der Waals surface area contributed by atoms with Crippen LogP contribution in [0.5, 0.6) is 0 Å². The number of fused-ring (bicyclic) bond motifs is 2. The van der Waals surface area contributed by atoms with Crippen molar-refractivity contribution in [3.05, 3.63) is 69.7 Å². The summed E-state index contributed by atoms with van der Waals surface area (Å²) in [6, 6.07) is 15.1. The molecule has 6 atom stereocenters. The Labute approximate surface area is 234 Å². The second kappa shape index (κ2) is 11.2. The van der Waals surface area contributed by atoms with Gasteiger partial charge >= 0.3 is 5.97 Å². The first-order valence-electron chi connectivity index (χ1n) is 13.6. The lowest BCUT2D eigenvalue weighted by Gasteiger charge is -2.52. The Morgan fingerprint density at radius 2 is 1.76 bits per heavy atom. The van der Waals surface area contributed by atoms with E-state index in [1.54, 1.807) is 0 Å². The van der Waals surface area contributed by atoms with Crippen molar-refractivity contribution in [2.24, 2.45) is 5.41 Å². The molecule has 0 saturated carbocycles. The van der Waals surface area contributed by atoms with Gasteiger partial charge in [0.2, 0.25) is 5.91 Å². The van der Waals surface area contributed by atoms with E-state index in [-0.39, 0.29) is 42.5 Å². The molecule has 0 radical (unpaired) electrons. The van der Waals surface area contributed by atoms with Gasteiger partial charge < -0.3 is 14.7 Å². The van der Waals surface area contributed by atoms with Crippen LogP contribution in [0.25, 0.3) is 0 Å². The summed E-state index contributed by atoms with van der Waals surface area (Å²) < 4.78 is 6.06. The molecule has 0 spiro atoms. The van der Waals surface area contributed by atoms with Gasteiger partial charge in [-0.25, -0.2) is 0 Å². The van der Waals surface area contributed by atoms with E-state index in [0.717, 1.165) is 50.0 Å². The number of benzene rings is 2. The lowest BCUT2D eigenvalue weighted by atomic mass is 9.67. The third kappa shape index (κ3) is 5.60. The maximum absolute atomic E-state index is 14.4. The first-order chi connectivity index (χ1) is 18.2. The SMILES string of the molecule is CC[C@@H](CN1CC2CCC(C1)O2)N1C(=O)[C@@](C)(CC(=O)O)C[C@H](c2cccc(Cl)c2)[C@H]1c1ccc(Cl)cc1. The summed E-state index contributed by atoms with van der Waals surface area (Å²) in [4.78, 5) is 30.9. The minimum absolute atomic E-state index is 0.0872. The number of carbonyl (C=O) groups is 2. The number of carboxylic acid groups (broad SMARTS) is 1. The number of hydrogen-bond acceptors (Lipinski definition) is 4. The molecule has 3 saturated heterocycles. The van der Waals surface area contributed by atoms with Gasteiger partial charge in [0.1, 0.15) is 0 Å². The highest BCUT2D eigenvalue weighted by Gasteiger charge is 2.52. The molecule has 0 aromatic heterocycles. The van der Waals surface area contributed by atoms with Crippen LogP contribution in [0.15, 0.2) is 48.5 Å². The third-order valence-electron chi connectivity index (χ3n) is 8.58.